The van der Waals surface area contributed by atoms with Crippen LogP contribution >= 0.6 is 11.6 Å². The molecule has 2 aromatic rings. The minimum Gasteiger partial charge on any atom is -0.370 e. The van der Waals surface area contributed by atoms with E-state index in [2.05, 4.69) is 4.99 Å². The van der Waals surface area contributed by atoms with Crippen LogP contribution in [0.1, 0.15) is 25.7 Å². The van der Waals surface area contributed by atoms with Gasteiger partial charge >= 0.3 is 0 Å². The number of carbonyl (C=O) groups excluding carboxylic acids is 1. The molecule has 4 N–H and O–H groups in total. The molecule has 2 aromatic carbocycles. The van der Waals surface area contributed by atoms with Gasteiger partial charge in [-0.2, -0.15) is 4.31 Å². The van der Waals surface area contributed by atoms with E-state index in [0.717, 1.165) is 36.5 Å². The number of piperazine rings is 1. The lowest BCUT2D eigenvalue weighted by molar-refractivity contribution is -0.138. The lowest BCUT2D eigenvalue weighted by Crippen LogP contribution is -2.52. The van der Waals surface area contributed by atoms with Gasteiger partial charge in [0.05, 0.1) is 4.90 Å². The van der Waals surface area contributed by atoms with Gasteiger partial charge < -0.3 is 16.4 Å². The predicted molar refractivity (Wildman–Crippen MR) is 130 cm³/mol. The second-order valence-electron chi connectivity index (χ2n) is 8.87. The fourth-order valence-corrected chi connectivity index (χ4v) is 6.38. The minimum absolute atomic E-state index is 0.00378. The Balaban J connectivity index is 1.34. The van der Waals surface area contributed by atoms with Gasteiger partial charge in [-0.05, 0) is 66.6 Å². The van der Waals surface area contributed by atoms with Crippen molar-refractivity contribution >= 4 is 44.3 Å². The average molecular weight is 492 g/mol. The number of hydrogen-bond acceptors (Lipinski definition) is 4. The van der Waals surface area contributed by atoms with Crippen LogP contribution in [0.15, 0.2) is 46.3 Å². The first-order chi connectivity index (χ1) is 15.7. The highest BCUT2D eigenvalue weighted by Gasteiger charge is 2.34. The highest BCUT2D eigenvalue weighted by molar-refractivity contribution is 7.89. The number of hydrogen-bond donors (Lipinski definition) is 2. The minimum atomic E-state index is -3.63. The first-order valence-electron chi connectivity index (χ1n) is 11.3. The van der Waals surface area contributed by atoms with Crippen molar-refractivity contribution in [2.24, 2.45) is 28.3 Å². The molecule has 2 aliphatic rings. The van der Waals surface area contributed by atoms with E-state index in [9.17, 15) is 13.2 Å². The first-order valence-corrected chi connectivity index (χ1v) is 13.1. The van der Waals surface area contributed by atoms with Crippen LogP contribution in [-0.2, 0) is 14.8 Å². The number of halogens is 1. The van der Waals surface area contributed by atoms with Crippen molar-refractivity contribution in [2.75, 3.05) is 32.7 Å². The molecule has 0 spiro atoms. The van der Waals surface area contributed by atoms with E-state index in [1.54, 1.807) is 24.3 Å². The number of carbonyl (C=O) groups is 1. The van der Waals surface area contributed by atoms with Gasteiger partial charge in [0.2, 0.25) is 15.9 Å². The monoisotopic (exact) mass is 491 g/mol. The second kappa shape index (κ2) is 9.87. The summed E-state index contributed by atoms with van der Waals surface area (Å²) in [5.74, 6) is 0.649. The van der Waals surface area contributed by atoms with Crippen LogP contribution in [0.3, 0.4) is 0 Å². The van der Waals surface area contributed by atoms with Crippen LogP contribution in [0.2, 0.25) is 5.02 Å². The number of sulfonamides is 1. The van der Waals surface area contributed by atoms with Crippen molar-refractivity contribution < 1.29 is 13.2 Å². The standard InChI is InChI=1S/C23H30ClN5O3S/c24-20-7-5-19-14-21(8-6-18(19)13-20)33(31,32)29-11-9-28(10-12-29)22(30)17-3-1-16(2-4-17)15-27-23(25)26/h5-8,13-14,16-17H,1-4,9-12,15H2,(H4,25,26,27). The molecular formula is C23H30ClN5O3S. The first kappa shape index (κ1) is 23.8. The van der Waals surface area contributed by atoms with Crippen molar-refractivity contribution in [1.82, 2.24) is 9.21 Å². The molecule has 0 bridgehead atoms. The van der Waals surface area contributed by atoms with Gasteiger partial charge in [-0.15, -0.1) is 0 Å². The number of benzene rings is 2. The summed E-state index contributed by atoms with van der Waals surface area (Å²) < 4.78 is 27.9. The van der Waals surface area contributed by atoms with Crippen LogP contribution in [-0.4, -0.2) is 62.2 Å². The van der Waals surface area contributed by atoms with Gasteiger partial charge in [-0.1, -0.05) is 23.7 Å². The van der Waals surface area contributed by atoms with Gasteiger partial charge in [0.1, 0.15) is 0 Å². The summed E-state index contributed by atoms with van der Waals surface area (Å²) in [4.78, 5) is 19.2. The molecule has 0 radical (unpaired) electrons. The summed E-state index contributed by atoms with van der Waals surface area (Å²) >= 11 is 6.03. The SMILES string of the molecule is NC(N)=NCC1CCC(C(=O)N2CCN(S(=O)(=O)c3ccc4cc(Cl)ccc4c3)CC2)CC1. The third-order valence-corrected chi connectivity index (χ3v) is 8.82. The summed E-state index contributed by atoms with van der Waals surface area (Å²) in [6.07, 6.45) is 3.50. The predicted octanol–water partition coefficient (Wildman–Crippen LogP) is 2.41. The van der Waals surface area contributed by atoms with Crippen LogP contribution in [0.5, 0.6) is 0 Å². The lowest BCUT2D eigenvalue weighted by atomic mass is 9.81. The molecule has 1 aliphatic carbocycles. The van der Waals surface area contributed by atoms with Crippen LogP contribution in [0, 0.1) is 11.8 Å². The number of aliphatic imine (C=N–C) groups is 1. The summed E-state index contributed by atoms with van der Waals surface area (Å²) in [6, 6.07) is 10.5. The molecule has 1 saturated carbocycles. The highest BCUT2D eigenvalue weighted by Crippen LogP contribution is 2.31. The van der Waals surface area contributed by atoms with E-state index in [-0.39, 0.29) is 22.7 Å². The van der Waals surface area contributed by atoms with Crippen LogP contribution < -0.4 is 11.5 Å². The summed E-state index contributed by atoms with van der Waals surface area (Å²) in [6.45, 7) is 2.03. The van der Waals surface area contributed by atoms with Gasteiger partial charge in [0.25, 0.3) is 0 Å². The van der Waals surface area contributed by atoms with Gasteiger partial charge in [0.15, 0.2) is 5.96 Å². The topological polar surface area (TPSA) is 122 Å². The molecule has 2 fully saturated rings. The number of nitrogens with zero attached hydrogens (tertiary/aromatic N) is 3. The van der Waals surface area contributed by atoms with Crippen molar-refractivity contribution in [1.29, 1.82) is 0 Å². The quantitative estimate of drug-likeness (QED) is 0.491. The Labute approximate surface area is 199 Å². The van der Waals surface area contributed by atoms with Crippen LogP contribution in [0.4, 0.5) is 0 Å². The molecule has 1 heterocycles. The molecule has 0 atom stereocenters. The average Bonchev–Trinajstić information content (AvgIpc) is 2.82. The van der Waals surface area contributed by atoms with Gasteiger partial charge in [-0.25, -0.2) is 8.42 Å². The summed E-state index contributed by atoms with van der Waals surface area (Å²) in [5, 5.41) is 2.33. The normalized spacial score (nSPS) is 22.3. The Morgan fingerprint density at radius 1 is 0.970 bits per heavy atom. The number of amides is 1. The molecule has 1 aliphatic heterocycles. The molecule has 0 unspecified atom stereocenters. The molecule has 1 amide bonds. The molecule has 178 valence electrons. The Morgan fingerprint density at radius 3 is 2.27 bits per heavy atom. The van der Waals surface area contributed by atoms with E-state index < -0.39 is 10.0 Å². The van der Waals surface area contributed by atoms with E-state index in [1.165, 1.54) is 4.31 Å². The summed E-state index contributed by atoms with van der Waals surface area (Å²) in [5.41, 5.74) is 10.8. The fourth-order valence-electron chi connectivity index (χ4n) is 4.74. The van der Waals surface area contributed by atoms with Crippen molar-refractivity contribution in [3.63, 3.8) is 0 Å². The van der Waals surface area contributed by atoms with Crippen molar-refractivity contribution in [3.05, 3.63) is 41.4 Å². The van der Waals surface area contributed by atoms with Crippen LogP contribution in [0.25, 0.3) is 10.8 Å². The smallest absolute Gasteiger partial charge is 0.243 e. The van der Waals surface area contributed by atoms with Crippen molar-refractivity contribution in [3.8, 4) is 0 Å². The maximum atomic E-state index is 13.2. The highest BCUT2D eigenvalue weighted by atomic mass is 35.5. The Kier molecular flexibility index (Phi) is 7.11. The maximum absolute atomic E-state index is 13.2. The molecule has 4 rings (SSSR count). The number of fused-ring (bicyclic) bond motifs is 1. The zero-order valence-corrected chi connectivity index (χ0v) is 20.1. The zero-order chi connectivity index (χ0) is 23.6. The number of nitrogens with two attached hydrogens (primary N) is 2. The van der Waals surface area contributed by atoms with Crippen molar-refractivity contribution in [2.45, 2.75) is 30.6 Å². The maximum Gasteiger partial charge on any atom is 0.243 e. The fraction of sp³-hybridized carbons (Fsp3) is 0.478. The molecule has 1 saturated heterocycles. The van der Waals surface area contributed by atoms with Gasteiger partial charge in [0, 0.05) is 43.7 Å². The molecule has 33 heavy (non-hydrogen) atoms. The largest absolute Gasteiger partial charge is 0.370 e. The molecule has 0 aromatic heterocycles. The summed E-state index contributed by atoms with van der Waals surface area (Å²) in [7, 11) is -3.63. The Bertz CT molecular complexity index is 1150. The third-order valence-electron chi connectivity index (χ3n) is 6.69. The Hall–Kier alpha value is -2.36. The third kappa shape index (κ3) is 5.42. The lowest BCUT2D eigenvalue weighted by Gasteiger charge is -2.37. The number of rotatable bonds is 5. The molecule has 10 heteroatoms. The molecular weight excluding hydrogens is 462 g/mol. The van der Waals surface area contributed by atoms with E-state index >= 15 is 0 Å². The number of guanidine groups is 1. The zero-order valence-electron chi connectivity index (χ0n) is 18.5. The van der Waals surface area contributed by atoms with E-state index in [4.69, 9.17) is 23.1 Å². The van der Waals surface area contributed by atoms with E-state index in [0.29, 0.717) is 43.7 Å². The van der Waals surface area contributed by atoms with Gasteiger partial charge in [-0.3, -0.25) is 9.79 Å². The Morgan fingerprint density at radius 2 is 1.61 bits per heavy atom. The second-order valence-corrected chi connectivity index (χ2v) is 11.2. The molecule has 8 nitrogen and oxygen atoms in total. The van der Waals surface area contributed by atoms with E-state index in [1.807, 2.05) is 17.0 Å².